The third kappa shape index (κ3) is 4.23. The highest BCUT2D eigenvalue weighted by molar-refractivity contribution is 7.15. The summed E-state index contributed by atoms with van der Waals surface area (Å²) in [5, 5.41) is 2.37. The second-order valence-corrected chi connectivity index (χ2v) is 11.6. The number of fused-ring (bicyclic) bond motifs is 2. The normalized spacial score (nSPS) is 19.2. The molecule has 7 nitrogen and oxygen atoms in total. The number of alkyl halides is 2. The third-order valence-corrected chi connectivity index (χ3v) is 7.73. The fraction of sp³-hybridized carbons (Fsp3) is 0.480. The first-order chi connectivity index (χ1) is 16.8. The van der Waals surface area contributed by atoms with Gasteiger partial charge in [-0.1, -0.05) is 0 Å². The molecule has 1 amide bonds. The summed E-state index contributed by atoms with van der Waals surface area (Å²) in [6, 6.07) is 0.862. The molecule has 3 aromatic rings. The van der Waals surface area contributed by atoms with Gasteiger partial charge in [0.05, 0.1) is 10.9 Å². The van der Waals surface area contributed by atoms with Gasteiger partial charge in [-0.25, -0.2) is 22.8 Å². The average molecular weight is 522 g/mol. The Hall–Kier alpha value is -3.08. The first-order valence-electron chi connectivity index (χ1n) is 11.7. The summed E-state index contributed by atoms with van der Waals surface area (Å²) in [5.41, 5.74) is -0.987. The summed E-state index contributed by atoms with van der Waals surface area (Å²) >= 11 is 1.17. The lowest BCUT2D eigenvalue weighted by Gasteiger charge is -2.32. The van der Waals surface area contributed by atoms with Crippen molar-refractivity contribution in [1.82, 2.24) is 14.9 Å². The number of amides is 1. The van der Waals surface area contributed by atoms with E-state index in [0.29, 0.717) is 20.8 Å². The van der Waals surface area contributed by atoms with Crippen LogP contribution in [0.15, 0.2) is 21.7 Å². The fourth-order valence-corrected chi connectivity index (χ4v) is 6.13. The zero-order chi connectivity index (χ0) is 26.2. The minimum absolute atomic E-state index is 0.0672. The number of carbonyl (C=O) groups excluding carboxylic acids is 1. The Labute approximate surface area is 208 Å². The molecule has 1 fully saturated rings. The van der Waals surface area contributed by atoms with Crippen LogP contribution < -0.4 is 16.6 Å². The van der Waals surface area contributed by atoms with E-state index < -0.39 is 47.1 Å². The summed E-state index contributed by atoms with van der Waals surface area (Å²) in [5.74, 6) is -3.91. The maximum atomic E-state index is 15.4. The number of aromatic amines is 1. The van der Waals surface area contributed by atoms with Crippen LogP contribution in [0, 0.1) is 12.7 Å². The Morgan fingerprint density at radius 1 is 1.25 bits per heavy atom. The first kappa shape index (κ1) is 24.6. The fourth-order valence-electron chi connectivity index (χ4n) is 4.83. The molecular weight excluding hydrogens is 495 g/mol. The van der Waals surface area contributed by atoms with Gasteiger partial charge in [-0.05, 0) is 70.2 Å². The first-order valence-corrected chi connectivity index (χ1v) is 12.6. The number of ether oxygens (including phenoxy) is 1. The molecular formula is C25H26F3N3O4S. The molecule has 2 heterocycles. The molecule has 1 atom stereocenters. The minimum atomic E-state index is -3.22. The highest BCUT2D eigenvalue weighted by atomic mass is 32.1. The second-order valence-electron chi connectivity index (χ2n) is 10.4. The van der Waals surface area contributed by atoms with E-state index in [1.807, 2.05) is 0 Å². The van der Waals surface area contributed by atoms with E-state index in [9.17, 15) is 23.2 Å². The zero-order valence-corrected chi connectivity index (χ0v) is 21.1. The topological polar surface area (TPSA) is 93.2 Å². The van der Waals surface area contributed by atoms with Crippen molar-refractivity contribution in [2.45, 2.75) is 77.0 Å². The van der Waals surface area contributed by atoms with Gasteiger partial charge in [-0.15, -0.1) is 11.3 Å². The number of aryl methyl sites for hydroxylation is 2. The van der Waals surface area contributed by atoms with Crippen LogP contribution in [0.3, 0.4) is 0 Å². The van der Waals surface area contributed by atoms with Crippen LogP contribution in [-0.2, 0) is 11.2 Å². The Kier molecular flexibility index (Phi) is 5.62. The lowest BCUT2D eigenvalue weighted by atomic mass is 9.89. The standard InChI is InChI=1S/C25H26F3N3O4S/c1-11-18(15(26)9-14-19(11)31(12-5-6-12)22(33)30-21(14)32)17-10-13-16(36-17)7-8-25(27,28)20(13)29-23(34)35-24(2,3)4/h9-10,12,20H,5-8H2,1-4H3,(H,29,34)(H,30,32,33). The molecule has 0 bridgehead atoms. The van der Waals surface area contributed by atoms with E-state index in [1.165, 1.54) is 22.0 Å². The molecule has 1 saturated carbocycles. The van der Waals surface area contributed by atoms with Gasteiger partial charge in [0.25, 0.3) is 11.5 Å². The lowest BCUT2D eigenvalue weighted by Crippen LogP contribution is -2.44. The number of hydrogen-bond acceptors (Lipinski definition) is 5. The molecule has 2 aliphatic carbocycles. The van der Waals surface area contributed by atoms with E-state index in [1.54, 1.807) is 27.7 Å². The summed E-state index contributed by atoms with van der Waals surface area (Å²) in [6.07, 6.45) is 0.172. The molecule has 1 unspecified atom stereocenters. The van der Waals surface area contributed by atoms with Gasteiger partial charge in [-0.3, -0.25) is 14.3 Å². The summed E-state index contributed by atoms with van der Waals surface area (Å²) in [6.45, 7) is 6.54. The van der Waals surface area contributed by atoms with Crippen LogP contribution in [0.2, 0.25) is 0 Å². The molecule has 192 valence electrons. The number of hydrogen-bond donors (Lipinski definition) is 2. The molecule has 5 rings (SSSR count). The van der Waals surface area contributed by atoms with E-state index in [4.69, 9.17) is 4.74 Å². The van der Waals surface area contributed by atoms with Crippen molar-refractivity contribution in [1.29, 1.82) is 0 Å². The molecule has 0 spiro atoms. The average Bonchev–Trinajstić information content (AvgIpc) is 3.48. The van der Waals surface area contributed by atoms with Crippen molar-refractivity contribution in [2.24, 2.45) is 0 Å². The maximum absolute atomic E-state index is 15.4. The third-order valence-electron chi connectivity index (χ3n) is 6.50. The number of carbonyl (C=O) groups is 1. The van der Waals surface area contributed by atoms with Crippen LogP contribution in [0.1, 0.15) is 68.1 Å². The Morgan fingerprint density at radius 2 is 1.94 bits per heavy atom. The number of halogens is 3. The van der Waals surface area contributed by atoms with Crippen molar-refractivity contribution in [3.8, 4) is 10.4 Å². The van der Waals surface area contributed by atoms with Crippen LogP contribution in [0.25, 0.3) is 21.3 Å². The van der Waals surface area contributed by atoms with E-state index in [0.717, 1.165) is 18.9 Å². The number of nitrogens with zero attached hydrogens (tertiary/aromatic N) is 1. The van der Waals surface area contributed by atoms with E-state index in [2.05, 4.69) is 10.3 Å². The van der Waals surface area contributed by atoms with Crippen molar-refractivity contribution in [3.63, 3.8) is 0 Å². The molecule has 36 heavy (non-hydrogen) atoms. The quantitative estimate of drug-likeness (QED) is 0.486. The lowest BCUT2D eigenvalue weighted by molar-refractivity contribution is -0.0539. The largest absolute Gasteiger partial charge is 0.444 e. The van der Waals surface area contributed by atoms with Gasteiger partial charge in [0.2, 0.25) is 0 Å². The maximum Gasteiger partial charge on any atom is 0.408 e. The smallest absolute Gasteiger partial charge is 0.408 e. The molecule has 2 aromatic heterocycles. The van der Waals surface area contributed by atoms with Crippen LogP contribution >= 0.6 is 11.3 Å². The minimum Gasteiger partial charge on any atom is -0.444 e. The van der Waals surface area contributed by atoms with E-state index in [-0.39, 0.29) is 29.0 Å². The zero-order valence-electron chi connectivity index (χ0n) is 20.3. The van der Waals surface area contributed by atoms with Crippen molar-refractivity contribution in [3.05, 3.63) is 54.8 Å². The Morgan fingerprint density at radius 3 is 2.58 bits per heavy atom. The van der Waals surface area contributed by atoms with Gasteiger partial charge >= 0.3 is 11.8 Å². The van der Waals surface area contributed by atoms with Gasteiger partial charge in [-0.2, -0.15) is 0 Å². The van der Waals surface area contributed by atoms with Crippen LogP contribution in [-0.4, -0.2) is 27.2 Å². The summed E-state index contributed by atoms with van der Waals surface area (Å²) in [4.78, 5) is 40.6. The number of thiophene rings is 1. The van der Waals surface area contributed by atoms with Gasteiger partial charge < -0.3 is 10.1 Å². The highest BCUT2D eigenvalue weighted by Crippen LogP contribution is 2.48. The number of nitrogens with one attached hydrogen (secondary N) is 2. The Bertz CT molecular complexity index is 1510. The molecule has 1 aromatic carbocycles. The van der Waals surface area contributed by atoms with Gasteiger partial charge in [0.1, 0.15) is 17.5 Å². The van der Waals surface area contributed by atoms with E-state index >= 15 is 4.39 Å². The van der Waals surface area contributed by atoms with Crippen molar-refractivity contribution in [2.75, 3.05) is 0 Å². The van der Waals surface area contributed by atoms with Crippen molar-refractivity contribution < 1.29 is 22.7 Å². The van der Waals surface area contributed by atoms with Crippen LogP contribution in [0.5, 0.6) is 0 Å². The second kappa shape index (κ2) is 8.22. The van der Waals surface area contributed by atoms with Gasteiger partial charge in [0, 0.05) is 27.8 Å². The number of H-pyrrole nitrogens is 1. The highest BCUT2D eigenvalue weighted by Gasteiger charge is 2.47. The predicted octanol–water partition coefficient (Wildman–Crippen LogP) is 5.35. The Balaban J connectivity index is 1.64. The van der Waals surface area contributed by atoms with Gasteiger partial charge in [0.15, 0.2) is 0 Å². The number of aromatic nitrogens is 2. The molecule has 0 radical (unpaired) electrons. The molecule has 0 saturated heterocycles. The molecule has 0 aliphatic heterocycles. The number of alkyl carbamates (subject to hydrolysis) is 1. The molecule has 11 heteroatoms. The SMILES string of the molecule is Cc1c(-c2cc3c(s2)CCC(F)(F)C3NC(=O)OC(C)(C)C)c(F)cc2c(=O)[nH]c(=O)n(C3CC3)c12. The number of benzene rings is 1. The monoisotopic (exact) mass is 521 g/mol. The summed E-state index contributed by atoms with van der Waals surface area (Å²) < 4.78 is 52.0. The van der Waals surface area contributed by atoms with Crippen LogP contribution in [0.4, 0.5) is 18.0 Å². The predicted molar refractivity (Wildman–Crippen MR) is 130 cm³/mol. The molecule has 2 aliphatic rings. The summed E-state index contributed by atoms with van der Waals surface area (Å²) in [7, 11) is 0. The molecule has 2 N–H and O–H groups in total. The van der Waals surface area contributed by atoms with Crippen molar-refractivity contribution >= 4 is 28.3 Å². The number of rotatable bonds is 3.